The lowest BCUT2D eigenvalue weighted by Gasteiger charge is -2.29. The number of thiazole rings is 1. The van der Waals surface area contributed by atoms with E-state index in [4.69, 9.17) is 9.84 Å². The average Bonchev–Trinajstić information content (AvgIpc) is 3.44. The van der Waals surface area contributed by atoms with E-state index in [-0.39, 0.29) is 36.0 Å². The Kier molecular flexibility index (Phi) is 9.55. The van der Waals surface area contributed by atoms with Crippen LogP contribution < -0.4 is 15.4 Å². The number of amides is 2. The third kappa shape index (κ3) is 7.57. The number of rotatable bonds is 10. The number of carbonyl (C=O) groups excluding carboxylic acids is 2. The molecule has 10 heteroatoms. The fraction of sp³-hybridized carbons (Fsp3) is 0.312. The second-order valence-corrected chi connectivity index (χ2v) is 11.5. The fourth-order valence-electron chi connectivity index (χ4n) is 5.08. The molecule has 5 rings (SSSR count). The molecular weight excluding hydrogens is 555 g/mol. The van der Waals surface area contributed by atoms with Gasteiger partial charge in [0.25, 0.3) is 11.8 Å². The van der Waals surface area contributed by atoms with E-state index in [1.165, 1.54) is 11.3 Å². The minimum absolute atomic E-state index is 0.00466. The second-order valence-electron chi connectivity index (χ2n) is 10.4. The molecule has 42 heavy (non-hydrogen) atoms. The highest BCUT2D eigenvalue weighted by Crippen LogP contribution is 2.29. The molecule has 1 aliphatic rings. The van der Waals surface area contributed by atoms with Gasteiger partial charge in [-0.25, -0.2) is 14.4 Å². The van der Waals surface area contributed by atoms with Crippen molar-refractivity contribution in [2.45, 2.75) is 57.5 Å². The molecule has 0 unspecified atom stereocenters. The second kappa shape index (κ2) is 13.7. The molecule has 8 nitrogen and oxygen atoms in total. The fourth-order valence-corrected chi connectivity index (χ4v) is 5.68. The summed E-state index contributed by atoms with van der Waals surface area (Å²) in [7, 11) is 0. The van der Waals surface area contributed by atoms with Crippen LogP contribution in [0.2, 0.25) is 0 Å². The van der Waals surface area contributed by atoms with Crippen LogP contribution in [0, 0.1) is 12.7 Å². The highest BCUT2D eigenvalue weighted by atomic mass is 32.1. The van der Waals surface area contributed by atoms with Crippen molar-refractivity contribution < 1.29 is 23.8 Å². The van der Waals surface area contributed by atoms with Crippen LogP contribution in [0.15, 0.2) is 66.2 Å². The van der Waals surface area contributed by atoms with E-state index in [0.717, 1.165) is 40.4 Å². The molecule has 4 aromatic rings. The Labute approximate surface area is 248 Å². The molecule has 2 heterocycles. The van der Waals surface area contributed by atoms with Crippen LogP contribution in [0.3, 0.4) is 0 Å². The van der Waals surface area contributed by atoms with Gasteiger partial charge in [0.1, 0.15) is 22.8 Å². The van der Waals surface area contributed by atoms with Gasteiger partial charge in [-0.3, -0.25) is 9.59 Å². The molecule has 3 N–H and O–H groups in total. The largest absolute Gasteiger partial charge is 0.438 e. The predicted molar refractivity (Wildman–Crippen MR) is 159 cm³/mol. The number of aliphatic hydroxyl groups excluding tert-OH is 1. The zero-order chi connectivity index (χ0) is 29.5. The molecule has 1 fully saturated rings. The van der Waals surface area contributed by atoms with E-state index >= 15 is 0 Å². The highest BCUT2D eigenvalue weighted by molar-refractivity contribution is 7.09. The van der Waals surface area contributed by atoms with E-state index in [9.17, 15) is 14.0 Å². The standard InChI is InChI=1S/C32H33FN4O4S/c1-20-35-29(19-42-20)31(40)37-26-12-10-25(11-13-26)36-30(39)28-17-24(33)18-34-32(28)41-27-9-3-8-23(16-27)22-7-2-5-21(15-22)6-4-14-38/h2-3,5,7-9,15-19,25-26,38H,4,6,10-14H2,1H3,(H,36,39)(H,37,40). The van der Waals surface area contributed by atoms with Crippen LogP contribution >= 0.6 is 11.3 Å². The maximum atomic E-state index is 14.2. The molecule has 0 radical (unpaired) electrons. The van der Waals surface area contributed by atoms with E-state index in [2.05, 4.69) is 26.7 Å². The molecule has 218 valence electrons. The van der Waals surface area contributed by atoms with Crippen molar-refractivity contribution >= 4 is 23.2 Å². The number of aryl methyl sites for hydroxylation is 2. The summed E-state index contributed by atoms with van der Waals surface area (Å²) >= 11 is 1.44. The maximum Gasteiger partial charge on any atom is 0.270 e. The van der Waals surface area contributed by atoms with Crippen LogP contribution in [0.5, 0.6) is 11.6 Å². The van der Waals surface area contributed by atoms with Crippen LogP contribution in [0.4, 0.5) is 4.39 Å². The minimum atomic E-state index is -0.635. The number of nitrogens with one attached hydrogen (secondary N) is 2. The first kappa shape index (κ1) is 29.3. The van der Waals surface area contributed by atoms with Gasteiger partial charge in [-0.15, -0.1) is 11.3 Å². The van der Waals surface area contributed by atoms with E-state index in [0.29, 0.717) is 43.5 Å². The summed E-state index contributed by atoms with van der Waals surface area (Å²) in [5.41, 5.74) is 3.48. The molecule has 1 saturated carbocycles. The van der Waals surface area contributed by atoms with Gasteiger partial charge in [-0.05, 0) is 80.3 Å². The van der Waals surface area contributed by atoms with Crippen LogP contribution in [-0.4, -0.2) is 45.6 Å². The molecular formula is C32H33FN4O4S. The van der Waals surface area contributed by atoms with Gasteiger partial charge < -0.3 is 20.5 Å². The summed E-state index contributed by atoms with van der Waals surface area (Å²) in [4.78, 5) is 34.0. The summed E-state index contributed by atoms with van der Waals surface area (Å²) in [6.45, 7) is 2.00. The Balaban J connectivity index is 1.22. The van der Waals surface area contributed by atoms with E-state index < -0.39 is 11.7 Å². The average molecular weight is 589 g/mol. The summed E-state index contributed by atoms with van der Waals surface area (Å²) < 4.78 is 20.2. The van der Waals surface area contributed by atoms with Crippen LogP contribution in [0.1, 0.15) is 63.5 Å². The van der Waals surface area contributed by atoms with Crippen molar-refractivity contribution in [1.29, 1.82) is 0 Å². The number of hydrogen-bond donors (Lipinski definition) is 3. The quantitative estimate of drug-likeness (QED) is 0.215. The van der Waals surface area contributed by atoms with Crippen molar-refractivity contribution in [3.63, 3.8) is 0 Å². The molecule has 0 spiro atoms. The molecule has 2 aromatic carbocycles. The Morgan fingerprint density at radius 1 is 1.00 bits per heavy atom. The van der Waals surface area contributed by atoms with Gasteiger partial charge in [-0.1, -0.05) is 36.4 Å². The highest BCUT2D eigenvalue weighted by Gasteiger charge is 2.26. The van der Waals surface area contributed by atoms with Crippen molar-refractivity contribution in [1.82, 2.24) is 20.6 Å². The number of pyridine rings is 1. The smallest absolute Gasteiger partial charge is 0.270 e. The normalized spacial score (nSPS) is 16.5. The van der Waals surface area contributed by atoms with E-state index in [1.54, 1.807) is 11.4 Å². The number of aromatic nitrogens is 2. The van der Waals surface area contributed by atoms with Crippen LogP contribution in [-0.2, 0) is 6.42 Å². The molecule has 0 saturated heterocycles. The van der Waals surface area contributed by atoms with Crippen molar-refractivity contribution in [3.8, 4) is 22.8 Å². The first-order valence-electron chi connectivity index (χ1n) is 14.1. The zero-order valence-electron chi connectivity index (χ0n) is 23.3. The molecule has 0 atom stereocenters. The number of benzene rings is 2. The third-order valence-corrected chi connectivity index (χ3v) is 8.02. The van der Waals surface area contributed by atoms with Crippen LogP contribution in [0.25, 0.3) is 11.1 Å². The molecule has 1 aliphatic carbocycles. The van der Waals surface area contributed by atoms with Gasteiger partial charge in [0, 0.05) is 24.1 Å². The number of halogens is 1. The van der Waals surface area contributed by atoms with Gasteiger partial charge in [-0.2, -0.15) is 0 Å². The monoisotopic (exact) mass is 588 g/mol. The Hall–Kier alpha value is -4.15. The Morgan fingerprint density at radius 3 is 2.38 bits per heavy atom. The lowest BCUT2D eigenvalue weighted by atomic mass is 9.91. The van der Waals surface area contributed by atoms with E-state index in [1.807, 2.05) is 43.3 Å². The minimum Gasteiger partial charge on any atom is -0.438 e. The zero-order valence-corrected chi connectivity index (χ0v) is 24.1. The molecule has 2 aromatic heterocycles. The third-order valence-electron chi connectivity index (χ3n) is 7.24. The lowest BCUT2D eigenvalue weighted by molar-refractivity contribution is 0.0888. The number of aliphatic hydroxyl groups is 1. The van der Waals surface area contributed by atoms with Crippen molar-refractivity contribution in [3.05, 3.63) is 93.8 Å². The van der Waals surface area contributed by atoms with Gasteiger partial charge >= 0.3 is 0 Å². The van der Waals surface area contributed by atoms with Crippen molar-refractivity contribution in [2.75, 3.05) is 6.61 Å². The van der Waals surface area contributed by atoms with Gasteiger partial charge in [0.15, 0.2) is 0 Å². The number of hydrogen-bond acceptors (Lipinski definition) is 7. The van der Waals surface area contributed by atoms with Gasteiger partial charge in [0.05, 0.1) is 11.2 Å². The molecule has 0 bridgehead atoms. The summed E-state index contributed by atoms with van der Waals surface area (Å²) in [6, 6.07) is 16.5. The maximum absolute atomic E-state index is 14.2. The lowest BCUT2D eigenvalue weighted by Crippen LogP contribution is -2.44. The SMILES string of the molecule is Cc1nc(C(=O)NC2CCC(NC(=O)c3cc(F)cnc3Oc3cccc(-c4cccc(CCCO)c4)c3)CC2)cs1. The summed E-state index contributed by atoms with van der Waals surface area (Å²) in [6.07, 6.45) is 5.26. The summed E-state index contributed by atoms with van der Waals surface area (Å²) in [5, 5.41) is 17.8. The first-order valence-corrected chi connectivity index (χ1v) is 14.9. The van der Waals surface area contributed by atoms with Gasteiger partial charge in [0.2, 0.25) is 5.88 Å². The molecule has 0 aliphatic heterocycles. The Bertz CT molecular complexity index is 1550. The topological polar surface area (TPSA) is 113 Å². The predicted octanol–water partition coefficient (Wildman–Crippen LogP) is 5.84. The van der Waals surface area contributed by atoms with Crippen molar-refractivity contribution in [2.24, 2.45) is 0 Å². The summed E-state index contributed by atoms with van der Waals surface area (Å²) in [5.74, 6) is -0.798. The number of nitrogens with zero attached hydrogens (tertiary/aromatic N) is 2. The number of ether oxygens (including phenoxy) is 1. The first-order chi connectivity index (χ1) is 20.4. The Morgan fingerprint density at radius 2 is 1.69 bits per heavy atom. The molecule has 2 amide bonds. The number of carbonyl (C=O) groups is 2.